The van der Waals surface area contributed by atoms with Crippen molar-refractivity contribution < 1.29 is 9.32 Å². The minimum Gasteiger partial charge on any atom is -0.338 e. The van der Waals surface area contributed by atoms with Gasteiger partial charge >= 0.3 is 0 Å². The van der Waals surface area contributed by atoms with Gasteiger partial charge in [0, 0.05) is 23.6 Å². The van der Waals surface area contributed by atoms with Gasteiger partial charge in [0.1, 0.15) is 0 Å². The number of aryl methyl sites for hydroxylation is 1. The van der Waals surface area contributed by atoms with E-state index < -0.39 is 0 Å². The molecule has 1 N–H and O–H groups in total. The Hall–Kier alpha value is -1.78. The van der Waals surface area contributed by atoms with Crippen LogP contribution >= 0.6 is 23.2 Å². The maximum Gasteiger partial charge on any atom is 0.233 e. The van der Waals surface area contributed by atoms with E-state index in [4.69, 9.17) is 27.7 Å². The third kappa shape index (κ3) is 2.68. The molecule has 0 saturated heterocycles. The molecule has 25 heavy (non-hydrogen) atoms. The summed E-state index contributed by atoms with van der Waals surface area (Å²) >= 11 is 12.3. The van der Waals surface area contributed by atoms with Crippen LogP contribution in [0.5, 0.6) is 0 Å². The Morgan fingerprint density at radius 1 is 1.24 bits per heavy atom. The van der Waals surface area contributed by atoms with E-state index in [-0.39, 0.29) is 17.1 Å². The second-order valence-electron chi connectivity index (χ2n) is 7.58. The van der Waals surface area contributed by atoms with Crippen molar-refractivity contribution in [2.45, 2.75) is 39.5 Å². The van der Waals surface area contributed by atoms with E-state index in [1.165, 1.54) is 0 Å². The minimum atomic E-state index is -0.240. The molecule has 6 heteroatoms. The minimum absolute atomic E-state index is 0.0856. The molecular formula is C19H18Cl2N2O2. The molecule has 1 aromatic heterocycles. The van der Waals surface area contributed by atoms with Gasteiger partial charge in [-0.15, -0.1) is 0 Å². The summed E-state index contributed by atoms with van der Waals surface area (Å²) in [6.45, 7) is 6.09. The summed E-state index contributed by atoms with van der Waals surface area (Å²) in [6.07, 6.45) is 1.30. The largest absolute Gasteiger partial charge is 0.338 e. The monoisotopic (exact) mass is 376 g/mol. The molecule has 4 nitrogen and oxygen atoms in total. The smallest absolute Gasteiger partial charge is 0.233 e. The molecule has 1 aromatic carbocycles. The molecule has 1 atom stereocenters. The molecule has 2 aliphatic rings. The molecule has 0 spiro atoms. The number of nitrogens with zero attached hydrogens (tertiary/aromatic N) is 1. The van der Waals surface area contributed by atoms with Gasteiger partial charge in [0.25, 0.3) is 0 Å². The summed E-state index contributed by atoms with van der Waals surface area (Å²) in [7, 11) is 0. The molecule has 2 heterocycles. The van der Waals surface area contributed by atoms with E-state index in [2.05, 4.69) is 24.3 Å². The van der Waals surface area contributed by atoms with Gasteiger partial charge in [0.2, 0.25) is 5.88 Å². The average Bonchev–Trinajstić information content (AvgIpc) is 2.88. The Morgan fingerprint density at radius 3 is 2.72 bits per heavy atom. The number of benzene rings is 1. The first-order valence-electron chi connectivity index (χ1n) is 8.21. The summed E-state index contributed by atoms with van der Waals surface area (Å²) in [4.78, 5) is 13.0. The van der Waals surface area contributed by atoms with Gasteiger partial charge < -0.3 is 9.84 Å². The number of hydrogen-bond donors (Lipinski definition) is 1. The first-order valence-corrected chi connectivity index (χ1v) is 8.97. The zero-order valence-corrected chi connectivity index (χ0v) is 15.8. The van der Waals surface area contributed by atoms with Crippen LogP contribution in [0.15, 0.2) is 34.0 Å². The second kappa shape index (κ2) is 5.61. The number of fused-ring (bicyclic) bond motifs is 1. The van der Waals surface area contributed by atoms with E-state index in [0.29, 0.717) is 22.4 Å². The Kier molecular flexibility index (Phi) is 3.74. The Balaban J connectivity index is 1.94. The number of allylic oxidation sites excluding steroid dienone is 2. The number of carbonyl (C=O) groups is 1. The molecule has 2 aromatic rings. The van der Waals surface area contributed by atoms with Gasteiger partial charge in [-0.25, -0.2) is 0 Å². The highest BCUT2D eigenvalue weighted by Gasteiger charge is 2.42. The lowest BCUT2D eigenvalue weighted by Gasteiger charge is -2.37. The van der Waals surface area contributed by atoms with Crippen molar-refractivity contribution in [1.82, 2.24) is 5.16 Å². The fourth-order valence-electron chi connectivity index (χ4n) is 3.89. The zero-order valence-electron chi connectivity index (χ0n) is 14.2. The summed E-state index contributed by atoms with van der Waals surface area (Å²) in [5.41, 5.74) is 4.20. The fourth-order valence-corrected chi connectivity index (χ4v) is 4.20. The maximum atomic E-state index is 13.0. The first-order chi connectivity index (χ1) is 11.8. The van der Waals surface area contributed by atoms with Gasteiger partial charge in [-0.3, -0.25) is 4.79 Å². The molecule has 130 valence electrons. The van der Waals surface area contributed by atoms with Crippen LogP contribution < -0.4 is 5.32 Å². The molecule has 0 fully saturated rings. The summed E-state index contributed by atoms with van der Waals surface area (Å²) in [5, 5.41) is 8.36. The van der Waals surface area contributed by atoms with Crippen LogP contribution in [0, 0.1) is 12.3 Å². The molecule has 4 rings (SSSR count). The van der Waals surface area contributed by atoms with Crippen LogP contribution in [0.4, 0.5) is 5.88 Å². The van der Waals surface area contributed by atoms with Crippen molar-refractivity contribution in [2.75, 3.05) is 5.32 Å². The number of halogens is 2. The number of ketones is 1. The normalized spacial score (nSPS) is 21.6. The van der Waals surface area contributed by atoms with Crippen molar-refractivity contribution in [3.05, 3.63) is 56.3 Å². The third-order valence-electron chi connectivity index (χ3n) is 4.95. The SMILES string of the molecule is Cc1noc2c1[C@@H](c1ccc(Cl)c(Cl)c1)C1=C(CC(C)(C)CC1=O)N2. The number of nitrogens with one attached hydrogen (secondary N) is 1. The van der Waals surface area contributed by atoms with Crippen LogP contribution in [0.25, 0.3) is 0 Å². The van der Waals surface area contributed by atoms with Crippen molar-refractivity contribution >= 4 is 34.9 Å². The highest BCUT2D eigenvalue weighted by molar-refractivity contribution is 6.42. The Morgan fingerprint density at radius 2 is 2.00 bits per heavy atom. The lowest BCUT2D eigenvalue weighted by atomic mass is 9.69. The second-order valence-corrected chi connectivity index (χ2v) is 8.39. The summed E-state index contributed by atoms with van der Waals surface area (Å²) in [6, 6.07) is 5.51. The van der Waals surface area contributed by atoms with Crippen LogP contribution in [-0.2, 0) is 4.79 Å². The van der Waals surface area contributed by atoms with Crippen molar-refractivity contribution in [3.8, 4) is 0 Å². The van der Waals surface area contributed by atoms with Gasteiger partial charge in [-0.05, 0) is 36.5 Å². The molecular weight excluding hydrogens is 359 g/mol. The van der Waals surface area contributed by atoms with Gasteiger partial charge in [0.05, 0.1) is 21.3 Å². The van der Waals surface area contributed by atoms with Crippen LogP contribution in [0.3, 0.4) is 0 Å². The van der Waals surface area contributed by atoms with E-state index in [1.807, 2.05) is 19.1 Å². The molecule has 0 saturated carbocycles. The molecule has 0 amide bonds. The zero-order chi connectivity index (χ0) is 17.9. The van der Waals surface area contributed by atoms with Crippen LogP contribution in [0.1, 0.15) is 49.4 Å². The summed E-state index contributed by atoms with van der Waals surface area (Å²) in [5.74, 6) is 0.523. The van der Waals surface area contributed by atoms with E-state index >= 15 is 0 Å². The summed E-state index contributed by atoms with van der Waals surface area (Å²) < 4.78 is 5.48. The van der Waals surface area contributed by atoms with Gasteiger partial charge in [-0.2, -0.15) is 0 Å². The van der Waals surface area contributed by atoms with Gasteiger partial charge in [0.15, 0.2) is 5.78 Å². The quantitative estimate of drug-likeness (QED) is 0.714. The number of Topliss-reactive ketones (excluding diaryl/α,β-unsaturated/α-hetero) is 1. The topological polar surface area (TPSA) is 55.1 Å². The van der Waals surface area contributed by atoms with Crippen molar-refractivity contribution in [1.29, 1.82) is 0 Å². The van der Waals surface area contributed by atoms with E-state index in [1.54, 1.807) is 6.07 Å². The lowest BCUT2D eigenvalue weighted by Crippen LogP contribution is -2.33. The number of aromatic nitrogens is 1. The molecule has 1 aliphatic carbocycles. The first kappa shape index (κ1) is 16.7. The molecule has 0 unspecified atom stereocenters. The molecule has 0 radical (unpaired) electrons. The number of anilines is 1. The van der Waals surface area contributed by atoms with Crippen molar-refractivity contribution in [3.63, 3.8) is 0 Å². The number of rotatable bonds is 1. The van der Waals surface area contributed by atoms with Crippen molar-refractivity contribution in [2.24, 2.45) is 5.41 Å². The Labute approximate surface area is 156 Å². The molecule has 1 aliphatic heterocycles. The lowest BCUT2D eigenvalue weighted by molar-refractivity contribution is -0.118. The number of hydrogen-bond acceptors (Lipinski definition) is 4. The van der Waals surface area contributed by atoms with Crippen LogP contribution in [0.2, 0.25) is 10.0 Å². The Bertz CT molecular complexity index is 928. The standard InChI is InChI=1S/C19H18Cl2N2O2/c1-9-15-16(10-4-5-11(20)12(21)6-10)17-13(22-18(15)25-23-9)7-19(2,3)8-14(17)24/h4-6,16,22H,7-8H2,1-3H3/t16-/m1/s1. The molecule has 0 bridgehead atoms. The third-order valence-corrected chi connectivity index (χ3v) is 5.69. The van der Waals surface area contributed by atoms with E-state index in [0.717, 1.165) is 34.5 Å². The average molecular weight is 377 g/mol. The predicted octanol–water partition coefficient (Wildman–Crippen LogP) is 5.49. The van der Waals surface area contributed by atoms with Crippen LogP contribution in [-0.4, -0.2) is 10.9 Å². The highest BCUT2D eigenvalue weighted by atomic mass is 35.5. The number of carbonyl (C=O) groups excluding carboxylic acids is 1. The van der Waals surface area contributed by atoms with Gasteiger partial charge in [-0.1, -0.05) is 48.3 Å². The van der Waals surface area contributed by atoms with E-state index in [9.17, 15) is 4.79 Å². The predicted molar refractivity (Wildman–Crippen MR) is 98.2 cm³/mol. The maximum absolute atomic E-state index is 13.0. The highest BCUT2D eigenvalue weighted by Crippen LogP contribution is 2.50. The fraction of sp³-hybridized carbons (Fsp3) is 0.368.